The van der Waals surface area contributed by atoms with E-state index in [0.717, 1.165) is 62.5 Å². The highest BCUT2D eigenvalue weighted by molar-refractivity contribution is 5.99. The van der Waals surface area contributed by atoms with E-state index in [4.69, 9.17) is 0 Å². The number of carbonyl (C=O) groups excluding carboxylic acids is 4. The number of phenolic OH excluding ortho intramolecular Hbond substituents is 2. The molecule has 0 aliphatic heterocycles. The molecule has 290 valence electrons. The minimum atomic E-state index is -0.617. The fourth-order valence-corrected chi connectivity index (χ4v) is 6.49. The Bertz CT molecular complexity index is 1380. The van der Waals surface area contributed by atoms with Crippen LogP contribution in [0.5, 0.6) is 11.5 Å². The number of hydrogen-bond acceptors (Lipinski definition) is 6. The maximum absolute atomic E-state index is 13.4. The first-order valence-corrected chi connectivity index (χ1v) is 20.0. The second-order valence-electron chi connectivity index (χ2n) is 14.2. The summed E-state index contributed by atoms with van der Waals surface area (Å²) in [6, 6.07) is 9.98. The van der Waals surface area contributed by atoms with Gasteiger partial charge in [0.05, 0.1) is 11.1 Å². The zero-order valence-corrected chi connectivity index (χ0v) is 32.3. The molecule has 0 aliphatic rings. The number of rotatable bonds is 25. The summed E-state index contributed by atoms with van der Waals surface area (Å²) in [5.74, 6) is -3.57. The number of carbonyl (C=O) groups is 4. The Hall–Kier alpha value is -4.08. The molecule has 0 aromatic heterocycles. The van der Waals surface area contributed by atoms with Crippen LogP contribution in [-0.4, -0.2) is 33.8 Å². The van der Waals surface area contributed by atoms with Gasteiger partial charge in [0, 0.05) is 11.8 Å². The quantitative estimate of drug-likeness (QED) is 0.0445. The summed E-state index contributed by atoms with van der Waals surface area (Å²) in [4.78, 5) is 52.8. The van der Waals surface area contributed by atoms with Crippen molar-refractivity contribution in [3.63, 3.8) is 0 Å². The third kappa shape index (κ3) is 16.5. The molecule has 2 rings (SSSR count). The van der Waals surface area contributed by atoms with E-state index in [1.165, 1.54) is 63.5 Å². The second-order valence-corrected chi connectivity index (χ2v) is 14.2. The summed E-state index contributed by atoms with van der Waals surface area (Å²) in [5.41, 5.74) is 12.0. The van der Waals surface area contributed by atoms with Crippen molar-refractivity contribution in [2.24, 2.45) is 11.8 Å². The van der Waals surface area contributed by atoms with Gasteiger partial charge in [-0.05, 0) is 80.3 Å². The summed E-state index contributed by atoms with van der Waals surface area (Å²) < 4.78 is 0. The summed E-state index contributed by atoms with van der Waals surface area (Å²) in [6.45, 7) is 8.34. The summed E-state index contributed by atoms with van der Waals surface area (Å²) >= 11 is 0. The Kier molecular flexibility index (Phi) is 21.9. The van der Waals surface area contributed by atoms with Crippen molar-refractivity contribution in [2.45, 2.75) is 156 Å². The molecule has 4 amide bonds. The predicted octanol–water partition coefficient (Wildman–Crippen LogP) is 8.74. The Morgan fingerprint density at radius 2 is 0.904 bits per heavy atom. The van der Waals surface area contributed by atoms with Gasteiger partial charge in [-0.25, -0.2) is 0 Å². The highest BCUT2D eigenvalue weighted by Gasteiger charge is 2.28. The topological polar surface area (TPSA) is 157 Å². The van der Waals surface area contributed by atoms with Crippen LogP contribution in [-0.2, 0) is 22.4 Å². The normalized spacial score (nSPS) is 12.2. The lowest BCUT2D eigenvalue weighted by Crippen LogP contribution is -2.47. The Morgan fingerprint density at radius 3 is 1.33 bits per heavy atom. The fourth-order valence-electron chi connectivity index (χ4n) is 6.49. The highest BCUT2D eigenvalue weighted by Crippen LogP contribution is 2.24. The Labute approximate surface area is 312 Å². The molecule has 2 atom stereocenters. The molecule has 0 radical (unpaired) electrons. The van der Waals surface area contributed by atoms with Crippen LogP contribution in [0.1, 0.15) is 175 Å². The van der Waals surface area contributed by atoms with Crippen molar-refractivity contribution < 1.29 is 29.4 Å². The van der Waals surface area contributed by atoms with Crippen molar-refractivity contribution in [3.05, 3.63) is 58.7 Å². The first-order chi connectivity index (χ1) is 25.1. The second kappa shape index (κ2) is 25.8. The number of nitrogens with one attached hydrogen (secondary N) is 4. The largest absolute Gasteiger partial charge is 0.507 e. The maximum Gasteiger partial charge on any atom is 0.273 e. The number of aromatic hydroxyl groups is 2. The minimum absolute atomic E-state index is 0.0887. The van der Waals surface area contributed by atoms with Gasteiger partial charge in [-0.2, -0.15) is 0 Å². The molecule has 0 heterocycles. The van der Waals surface area contributed by atoms with Crippen molar-refractivity contribution >= 4 is 23.6 Å². The average molecular weight is 723 g/mol. The molecule has 52 heavy (non-hydrogen) atoms. The molecule has 6 N–H and O–H groups in total. The van der Waals surface area contributed by atoms with Crippen LogP contribution in [0.2, 0.25) is 0 Å². The number of unbranched alkanes of at least 4 members (excludes halogenated alkanes) is 11. The van der Waals surface area contributed by atoms with Crippen LogP contribution in [0.3, 0.4) is 0 Å². The molecule has 2 unspecified atom stereocenters. The molecule has 0 fully saturated rings. The van der Waals surface area contributed by atoms with Gasteiger partial charge >= 0.3 is 0 Å². The third-order valence-electron chi connectivity index (χ3n) is 9.70. The predicted molar refractivity (Wildman–Crippen MR) is 208 cm³/mol. The van der Waals surface area contributed by atoms with Crippen molar-refractivity contribution in [1.29, 1.82) is 0 Å². The molecule has 10 heteroatoms. The van der Waals surface area contributed by atoms with Crippen LogP contribution in [0, 0.1) is 11.8 Å². The average Bonchev–Trinajstić information content (AvgIpc) is 3.14. The maximum atomic E-state index is 13.4. The molecule has 0 saturated heterocycles. The number of aryl methyl sites for hydroxylation is 2. The van der Waals surface area contributed by atoms with Gasteiger partial charge in [0.1, 0.15) is 11.5 Å². The van der Waals surface area contributed by atoms with E-state index in [1.54, 1.807) is 12.1 Å². The number of hydrazine groups is 2. The van der Waals surface area contributed by atoms with E-state index in [9.17, 15) is 29.4 Å². The lowest BCUT2D eigenvalue weighted by atomic mass is 9.87. The Balaban J connectivity index is 1.98. The van der Waals surface area contributed by atoms with Crippen molar-refractivity contribution in [2.75, 3.05) is 0 Å². The van der Waals surface area contributed by atoms with Gasteiger partial charge in [0.15, 0.2) is 0 Å². The molecular formula is C42H66N4O6. The highest BCUT2D eigenvalue weighted by atomic mass is 16.3. The van der Waals surface area contributed by atoms with Gasteiger partial charge in [-0.3, -0.25) is 40.9 Å². The van der Waals surface area contributed by atoms with Crippen LogP contribution in [0.25, 0.3) is 0 Å². The van der Waals surface area contributed by atoms with E-state index >= 15 is 0 Å². The molecule has 0 aliphatic carbocycles. The molecule has 0 bridgehead atoms. The van der Waals surface area contributed by atoms with Crippen molar-refractivity contribution in [3.8, 4) is 11.5 Å². The first-order valence-electron chi connectivity index (χ1n) is 20.0. The molecule has 2 aromatic rings. The number of hydrogen-bond donors (Lipinski definition) is 6. The standard InChI is InChI=1S/C42H66N4O6/c1-5-9-12-14-16-18-21-31-24-26-37(47)35(28-31)41(51)45-43-39(49)33(20-8-4)30-34(23-11-7-3)40(50)44-46-42(52)36-29-32(25-27-38(36)48)22-19-17-15-13-10-6-2/h24-29,33-34,47-48H,5-23,30H2,1-4H3,(H,43,49)(H,44,50)(H,45,51)(H,46,52). The van der Waals surface area contributed by atoms with Crippen LogP contribution in [0.4, 0.5) is 0 Å². The van der Waals surface area contributed by atoms with Crippen LogP contribution >= 0.6 is 0 Å². The fraction of sp³-hybridized carbons (Fsp3) is 0.619. The first kappa shape index (κ1) is 44.1. The third-order valence-corrected chi connectivity index (χ3v) is 9.70. The van der Waals surface area contributed by atoms with Gasteiger partial charge in [-0.1, -0.05) is 123 Å². The SMILES string of the molecule is CCCCCCCCc1ccc(O)c(C(=O)NNC(=O)C(CCC)CC(CCCC)C(=O)NNC(=O)c2cc(CCCCCCCC)ccc2O)c1. The minimum Gasteiger partial charge on any atom is -0.507 e. The Morgan fingerprint density at radius 1 is 0.500 bits per heavy atom. The van der Waals surface area contributed by atoms with E-state index in [1.807, 2.05) is 26.0 Å². The summed E-state index contributed by atoms with van der Waals surface area (Å²) in [6.07, 6.45) is 19.0. The smallest absolute Gasteiger partial charge is 0.273 e. The zero-order chi connectivity index (χ0) is 38.1. The zero-order valence-electron chi connectivity index (χ0n) is 32.3. The van der Waals surface area contributed by atoms with Gasteiger partial charge < -0.3 is 10.2 Å². The van der Waals surface area contributed by atoms with Crippen LogP contribution < -0.4 is 21.7 Å². The van der Waals surface area contributed by atoms with E-state index in [2.05, 4.69) is 35.6 Å². The molecule has 0 saturated carbocycles. The van der Waals surface area contributed by atoms with Gasteiger partial charge in [-0.15, -0.1) is 0 Å². The number of benzene rings is 2. The molecular weight excluding hydrogens is 656 g/mol. The van der Waals surface area contributed by atoms with Gasteiger partial charge in [0.25, 0.3) is 11.8 Å². The lowest BCUT2D eigenvalue weighted by molar-refractivity contribution is -0.129. The van der Waals surface area contributed by atoms with Crippen LogP contribution in [0.15, 0.2) is 36.4 Å². The summed E-state index contributed by atoms with van der Waals surface area (Å²) in [7, 11) is 0. The molecule has 10 nitrogen and oxygen atoms in total. The summed E-state index contributed by atoms with van der Waals surface area (Å²) in [5, 5.41) is 20.8. The van der Waals surface area contributed by atoms with Crippen molar-refractivity contribution in [1.82, 2.24) is 21.7 Å². The molecule has 0 spiro atoms. The van der Waals surface area contributed by atoms with E-state index in [0.29, 0.717) is 19.3 Å². The number of amides is 4. The van der Waals surface area contributed by atoms with E-state index < -0.39 is 35.5 Å². The van der Waals surface area contributed by atoms with E-state index in [-0.39, 0.29) is 29.0 Å². The lowest BCUT2D eigenvalue weighted by Gasteiger charge is -2.23. The molecule has 2 aromatic carbocycles. The number of phenols is 2. The monoisotopic (exact) mass is 722 g/mol. The van der Waals surface area contributed by atoms with Gasteiger partial charge in [0.2, 0.25) is 11.8 Å².